The van der Waals surface area contributed by atoms with Crippen molar-refractivity contribution in [1.29, 1.82) is 0 Å². The highest BCUT2D eigenvalue weighted by Crippen LogP contribution is 2.17. The average Bonchev–Trinajstić information content (AvgIpc) is 3.09. The Morgan fingerprint density at radius 3 is 2.55 bits per heavy atom. The first-order chi connectivity index (χ1) is 15.8. The van der Waals surface area contributed by atoms with Crippen molar-refractivity contribution in [2.75, 3.05) is 0 Å². The number of carbonyl (C=O) groups is 2. The highest BCUT2D eigenvalue weighted by molar-refractivity contribution is 5.80. The highest BCUT2D eigenvalue weighted by atomic mass is 16.2. The molecule has 1 saturated carbocycles. The quantitative estimate of drug-likeness (QED) is 0.556. The molecule has 0 radical (unpaired) electrons. The van der Waals surface area contributed by atoms with E-state index in [4.69, 9.17) is 0 Å². The molecule has 0 unspecified atom stereocenters. The van der Waals surface area contributed by atoms with E-state index in [0.717, 1.165) is 30.4 Å². The summed E-state index contributed by atoms with van der Waals surface area (Å²) < 4.78 is 3.76. The van der Waals surface area contributed by atoms with E-state index in [1.807, 2.05) is 13.8 Å². The fourth-order valence-electron chi connectivity index (χ4n) is 4.44. The molecule has 0 bridgehead atoms. The summed E-state index contributed by atoms with van der Waals surface area (Å²) >= 11 is 0. The van der Waals surface area contributed by atoms with E-state index < -0.39 is 5.69 Å². The van der Waals surface area contributed by atoms with E-state index in [-0.39, 0.29) is 54.7 Å². The number of carbonyl (C=O) groups excluding carboxylic acids is 2. The molecule has 1 aliphatic rings. The Bertz CT molecular complexity index is 1300. The van der Waals surface area contributed by atoms with Crippen molar-refractivity contribution >= 4 is 28.5 Å². The van der Waals surface area contributed by atoms with Crippen molar-refractivity contribution < 1.29 is 9.59 Å². The third-order valence-electron chi connectivity index (χ3n) is 5.96. The van der Waals surface area contributed by atoms with Crippen LogP contribution in [-0.4, -0.2) is 42.6 Å². The summed E-state index contributed by atoms with van der Waals surface area (Å²) in [5, 5.41) is 10.5. The maximum absolute atomic E-state index is 13.2. The van der Waals surface area contributed by atoms with Crippen molar-refractivity contribution in [2.45, 2.75) is 77.5 Å². The molecule has 33 heavy (non-hydrogen) atoms. The van der Waals surface area contributed by atoms with Crippen LogP contribution in [0.3, 0.4) is 0 Å². The molecule has 2 amide bonds. The lowest BCUT2D eigenvalue weighted by Crippen LogP contribution is -2.40. The third-order valence-corrected chi connectivity index (χ3v) is 5.96. The number of rotatable bonds is 7. The van der Waals surface area contributed by atoms with Gasteiger partial charge in [-0.2, -0.15) is 0 Å². The molecule has 1 aromatic carbocycles. The number of amides is 2. The van der Waals surface area contributed by atoms with Crippen molar-refractivity contribution in [3.63, 3.8) is 0 Å². The Kier molecular flexibility index (Phi) is 6.62. The number of nitrogens with zero attached hydrogens (tertiary/aromatic N) is 4. The lowest BCUT2D eigenvalue weighted by molar-refractivity contribution is -0.123. The van der Waals surface area contributed by atoms with Crippen LogP contribution in [0.5, 0.6) is 0 Å². The number of para-hydroxylation sites is 1. The molecular weight excluding hydrogens is 424 g/mol. The van der Waals surface area contributed by atoms with Gasteiger partial charge in [0.2, 0.25) is 17.6 Å². The Balaban J connectivity index is 1.70. The van der Waals surface area contributed by atoms with Crippen molar-refractivity contribution in [1.82, 2.24) is 29.4 Å². The van der Waals surface area contributed by atoms with Gasteiger partial charge in [-0.3, -0.25) is 19.0 Å². The second-order valence-corrected chi connectivity index (χ2v) is 8.92. The van der Waals surface area contributed by atoms with Gasteiger partial charge >= 0.3 is 5.69 Å². The van der Waals surface area contributed by atoms with E-state index >= 15 is 0 Å². The molecule has 1 aliphatic carbocycles. The van der Waals surface area contributed by atoms with Gasteiger partial charge in [-0.05, 0) is 38.8 Å². The SMILES string of the molecule is CC(C)NC(=O)CCn1c(=O)c2ccccc2n2c(=O)n(CC(=O)NC3CCCCC3)nc12. The van der Waals surface area contributed by atoms with E-state index in [2.05, 4.69) is 15.7 Å². The number of hydrogen-bond donors (Lipinski definition) is 2. The van der Waals surface area contributed by atoms with Crippen LogP contribution < -0.4 is 21.9 Å². The monoisotopic (exact) mass is 454 g/mol. The van der Waals surface area contributed by atoms with E-state index in [1.165, 1.54) is 15.4 Å². The minimum atomic E-state index is -0.500. The molecule has 10 heteroatoms. The highest BCUT2D eigenvalue weighted by Gasteiger charge is 2.21. The van der Waals surface area contributed by atoms with Gasteiger partial charge in [0.15, 0.2) is 0 Å². The van der Waals surface area contributed by atoms with Gasteiger partial charge in [0.05, 0.1) is 10.9 Å². The third kappa shape index (κ3) is 4.84. The number of aryl methyl sites for hydroxylation is 1. The molecule has 10 nitrogen and oxygen atoms in total. The van der Waals surface area contributed by atoms with Crippen LogP contribution in [0.25, 0.3) is 16.7 Å². The second-order valence-electron chi connectivity index (χ2n) is 8.92. The Morgan fingerprint density at radius 1 is 1.09 bits per heavy atom. The van der Waals surface area contributed by atoms with Crippen molar-refractivity contribution in [3.8, 4) is 0 Å². The number of nitrogens with one attached hydrogen (secondary N) is 2. The van der Waals surface area contributed by atoms with E-state index in [9.17, 15) is 19.2 Å². The topological polar surface area (TPSA) is 120 Å². The van der Waals surface area contributed by atoms with E-state index in [0.29, 0.717) is 10.9 Å². The van der Waals surface area contributed by atoms with Crippen LogP contribution in [0.15, 0.2) is 33.9 Å². The van der Waals surface area contributed by atoms with Crippen LogP contribution in [0, 0.1) is 0 Å². The molecule has 0 aliphatic heterocycles. The number of fused-ring (bicyclic) bond motifs is 3. The Morgan fingerprint density at radius 2 is 1.82 bits per heavy atom. The van der Waals surface area contributed by atoms with Crippen LogP contribution in [0.2, 0.25) is 0 Å². The van der Waals surface area contributed by atoms with E-state index in [1.54, 1.807) is 24.3 Å². The van der Waals surface area contributed by atoms with Crippen molar-refractivity contribution in [2.24, 2.45) is 0 Å². The fraction of sp³-hybridized carbons (Fsp3) is 0.522. The second kappa shape index (κ2) is 9.60. The Labute approximate surface area is 190 Å². The summed E-state index contributed by atoms with van der Waals surface area (Å²) in [6.07, 6.45) is 5.29. The van der Waals surface area contributed by atoms with Crippen molar-refractivity contribution in [3.05, 3.63) is 45.1 Å². The lowest BCUT2D eigenvalue weighted by atomic mass is 9.95. The van der Waals surface area contributed by atoms with Crippen LogP contribution in [0.1, 0.15) is 52.4 Å². The summed E-state index contributed by atoms with van der Waals surface area (Å²) in [6.45, 7) is 3.56. The standard InChI is InChI=1S/C23H30N6O4/c1-15(2)24-19(30)12-13-27-21(32)17-10-6-7-11-18(17)29-22(27)26-28(23(29)33)14-20(31)25-16-8-4-3-5-9-16/h6-7,10-11,15-16H,3-5,8-9,12-14H2,1-2H3,(H,24,30)(H,25,31). The predicted octanol–water partition coefficient (Wildman–Crippen LogP) is 1.17. The first-order valence-electron chi connectivity index (χ1n) is 11.5. The predicted molar refractivity (Wildman–Crippen MR) is 124 cm³/mol. The molecule has 0 spiro atoms. The van der Waals surface area contributed by atoms with Gasteiger partial charge in [0, 0.05) is 25.0 Å². The summed E-state index contributed by atoms with van der Waals surface area (Å²) in [7, 11) is 0. The number of hydrogen-bond acceptors (Lipinski definition) is 5. The molecule has 2 N–H and O–H groups in total. The van der Waals surface area contributed by atoms with Gasteiger partial charge in [0.1, 0.15) is 6.54 Å². The molecule has 3 aromatic rings. The number of benzene rings is 1. The zero-order chi connectivity index (χ0) is 23.5. The number of aromatic nitrogens is 4. The maximum atomic E-state index is 13.2. The zero-order valence-electron chi connectivity index (χ0n) is 19.0. The summed E-state index contributed by atoms with van der Waals surface area (Å²) in [5.74, 6) is -0.356. The summed E-state index contributed by atoms with van der Waals surface area (Å²) in [4.78, 5) is 51.1. The fourth-order valence-corrected chi connectivity index (χ4v) is 4.44. The lowest BCUT2D eigenvalue weighted by Gasteiger charge is -2.22. The molecule has 0 atom stereocenters. The summed E-state index contributed by atoms with van der Waals surface area (Å²) in [5.41, 5.74) is -0.413. The first kappa shape index (κ1) is 22.8. The molecule has 0 saturated heterocycles. The van der Waals surface area contributed by atoms with Gasteiger partial charge in [-0.25, -0.2) is 13.9 Å². The molecule has 176 valence electrons. The van der Waals surface area contributed by atoms with Gasteiger partial charge < -0.3 is 10.6 Å². The average molecular weight is 455 g/mol. The van der Waals surface area contributed by atoms with Gasteiger partial charge in [-0.15, -0.1) is 5.10 Å². The zero-order valence-corrected chi connectivity index (χ0v) is 19.0. The Hall–Kier alpha value is -3.43. The molecule has 2 aromatic heterocycles. The van der Waals surface area contributed by atoms with Crippen LogP contribution in [-0.2, 0) is 22.7 Å². The van der Waals surface area contributed by atoms with Gasteiger partial charge in [0.25, 0.3) is 5.56 Å². The molecule has 2 heterocycles. The summed E-state index contributed by atoms with van der Waals surface area (Å²) in [6, 6.07) is 6.88. The van der Waals surface area contributed by atoms with Gasteiger partial charge in [-0.1, -0.05) is 31.4 Å². The molecular formula is C23H30N6O4. The first-order valence-corrected chi connectivity index (χ1v) is 11.5. The molecule has 4 rings (SSSR count). The smallest absolute Gasteiger partial charge is 0.352 e. The van der Waals surface area contributed by atoms with Crippen LogP contribution in [0.4, 0.5) is 0 Å². The minimum absolute atomic E-state index is 0.0182. The maximum Gasteiger partial charge on any atom is 0.352 e. The minimum Gasteiger partial charge on any atom is -0.354 e. The largest absolute Gasteiger partial charge is 0.354 e. The molecule has 1 fully saturated rings. The normalized spacial score (nSPS) is 14.8. The van der Waals surface area contributed by atoms with Crippen LogP contribution >= 0.6 is 0 Å².